The van der Waals surface area contributed by atoms with Crippen LogP contribution in [-0.4, -0.2) is 19.0 Å². The Morgan fingerprint density at radius 3 is 2.86 bits per heavy atom. The highest BCUT2D eigenvalue weighted by molar-refractivity contribution is 9.10. The number of hydrogen-bond acceptors (Lipinski definition) is 2. The predicted molar refractivity (Wildman–Crippen MR) is 90.5 cm³/mol. The predicted octanol–water partition coefficient (Wildman–Crippen LogP) is 3.27. The molecule has 1 aliphatic carbocycles. The molecular formula is C16H22BrClN2O. The Morgan fingerprint density at radius 2 is 2.10 bits per heavy atom. The topological polar surface area (TPSA) is 41.1 Å². The Kier molecular flexibility index (Phi) is 5.69. The Labute approximate surface area is 140 Å². The molecule has 2 aliphatic rings. The van der Waals surface area contributed by atoms with E-state index >= 15 is 0 Å². The molecule has 5 heteroatoms. The minimum Gasteiger partial charge on any atom is -0.351 e. The first kappa shape index (κ1) is 16.8. The average molecular weight is 374 g/mol. The van der Waals surface area contributed by atoms with Crippen molar-refractivity contribution < 1.29 is 4.79 Å². The van der Waals surface area contributed by atoms with E-state index in [1.54, 1.807) is 0 Å². The van der Waals surface area contributed by atoms with E-state index in [4.69, 9.17) is 0 Å². The van der Waals surface area contributed by atoms with Gasteiger partial charge >= 0.3 is 0 Å². The van der Waals surface area contributed by atoms with Crippen molar-refractivity contribution >= 4 is 34.2 Å². The third-order valence-corrected chi connectivity index (χ3v) is 5.39. The number of rotatable bonds is 3. The number of benzene rings is 1. The van der Waals surface area contributed by atoms with Gasteiger partial charge in [0.25, 0.3) is 0 Å². The molecule has 21 heavy (non-hydrogen) atoms. The quantitative estimate of drug-likeness (QED) is 0.854. The van der Waals surface area contributed by atoms with Crippen molar-refractivity contribution in [2.45, 2.75) is 32.2 Å². The van der Waals surface area contributed by atoms with Crippen molar-refractivity contribution in [2.24, 2.45) is 11.3 Å². The van der Waals surface area contributed by atoms with E-state index < -0.39 is 0 Å². The third-order valence-electron chi connectivity index (χ3n) is 4.86. The lowest BCUT2D eigenvalue weighted by Gasteiger charge is -2.37. The van der Waals surface area contributed by atoms with Gasteiger partial charge in [0.15, 0.2) is 0 Å². The van der Waals surface area contributed by atoms with E-state index in [1.807, 2.05) is 24.3 Å². The fraction of sp³-hybridized carbons (Fsp3) is 0.562. The molecule has 1 aliphatic heterocycles. The second-order valence-electron chi connectivity index (χ2n) is 6.04. The van der Waals surface area contributed by atoms with Crippen molar-refractivity contribution in [1.29, 1.82) is 0 Å². The standard InChI is InChI=1S/C16H21BrN2O.ClH/c17-14-6-4-12(5-7-14)9-19-15(20)16-8-2-1-3-13(16)10-18-11-16;/h4-7,13,18H,1-3,8-11H2,(H,19,20);1H/t13-,16+;/m0./s1. The monoisotopic (exact) mass is 372 g/mol. The zero-order chi connectivity index (χ0) is 14.0. The van der Waals surface area contributed by atoms with E-state index in [-0.39, 0.29) is 23.7 Å². The lowest BCUT2D eigenvalue weighted by molar-refractivity contribution is -0.134. The summed E-state index contributed by atoms with van der Waals surface area (Å²) in [6, 6.07) is 8.13. The number of carbonyl (C=O) groups is 1. The molecular weight excluding hydrogens is 352 g/mol. The number of carbonyl (C=O) groups excluding carboxylic acids is 1. The highest BCUT2D eigenvalue weighted by atomic mass is 79.9. The van der Waals surface area contributed by atoms with Gasteiger partial charge in [-0.2, -0.15) is 0 Å². The van der Waals surface area contributed by atoms with Crippen LogP contribution in [0.5, 0.6) is 0 Å². The second kappa shape index (κ2) is 7.12. The molecule has 2 N–H and O–H groups in total. The van der Waals surface area contributed by atoms with Gasteiger partial charge in [-0.1, -0.05) is 40.9 Å². The van der Waals surface area contributed by atoms with Crippen LogP contribution >= 0.6 is 28.3 Å². The Morgan fingerprint density at radius 1 is 1.33 bits per heavy atom. The van der Waals surface area contributed by atoms with Gasteiger partial charge in [0.1, 0.15) is 0 Å². The van der Waals surface area contributed by atoms with Gasteiger partial charge in [-0.25, -0.2) is 0 Å². The third kappa shape index (κ3) is 3.43. The van der Waals surface area contributed by atoms with E-state index in [9.17, 15) is 4.79 Å². The smallest absolute Gasteiger partial charge is 0.228 e. The molecule has 1 saturated heterocycles. The molecule has 0 bridgehead atoms. The minimum atomic E-state index is -0.145. The van der Waals surface area contributed by atoms with E-state index in [0.29, 0.717) is 12.5 Å². The average Bonchev–Trinajstić information content (AvgIpc) is 2.91. The molecule has 0 spiro atoms. The molecule has 3 rings (SSSR count). The minimum absolute atomic E-state index is 0. The lowest BCUT2D eigenvalue weighted by Crippen LogP contribution is -2.47. The van der Waals surface area contributed by atoms with Gasteiger partial charge < -0.3 is 10.6 Å². The molecule has 1 saturated carbocycles. The van der Waals surface area contributed by atoms with Gasteiger partial charge in [-0.3, -0.25) is 4.79 Å². The first-order chi connectivity index (χ1) is 9.71. The fourth-order valence-electron chi connectivity index (χ4n) is 3.65. The summed E-state index contributed by atoms with van der Waals surface area (Å²) in [6.45, 7) is 2.48. The van der Waals surface area contributed by atoms with Crippen LogP contribution in [0.25, 0.3) is 0 Å². The highest BCUT2D eigenvalue weighted by Gasteiger charge is 2.49. The number of fused-ring (bicyclic) bond motifs is 1. The van der Waals surface area contributed by atoms with Gasteiger partial charge in [0.05, 0.1) is 5.41 Å². The van der Waals surface area contributed by atoms with Crippen LogP contribution in [0.2, 0.25) is 0 Å². The molecule has 1 aromatic rings. The van der Waals surface area contributed by atoms with E-state index in [1.165, 1.54) is 19.3 Å². The van der Waals surface area contributed by atoms with Crippen molar-refractivity contribution in [3.8, 4) is 0 Å². The molecule has 116 valence electrons. The fourth-order valence-corrected chi connectivity index (χ4v) is 3.92. The van der Waals surface area contributed by atoms with Crippen LogP contribution in [0.15, 0.2) is 28.7 Å². The van der Waals surface area contributed by atoms with Crippen molar-refractivity contribution in [2.75, 3.05) is 13.1 Å². The zero-order valence-electron chi connectivity index (χ0n) is 12.0. The number of halogens is 2. The van der Waals surface area contributed by atoms with Crippen LogP contribution in [0, 0.1) is 11.3 Å². The van der Waals surface area contributed by atoms with Crippen LogP contribution < -0.4 is 10.6 Å². The SMILES string of the molecule is Cl.O=C(NCc1ccc(Br)cc1)[C@@]12CCCC[C@H]1CNC2. The van der Waals surface area contributed by atoms with Gasteiger partial charge in [-0.05, 0) is 43.0 Å². The van der Waals surface area contributed by atoms with Crippen molar-refractivity contribution in [1.82, 2.24) is 10.6 Å². The Bertz CT molecular complexity index is 494. The summed E-state index contributed by atoms with van der Waals surface area (Å²) in [4.78, 5) is 12.7. The van der Waals surface area contributed by atoms with Crippen molar-refractivity contribution in [3.05, 3.63) is 34.3 Å². The zero-order valence-corrected chi connectivity index (χ0v) is 14.4. The van der Waals surface area contributed by atoms with Crippen LogP contribution in [-0.2, 0) is 11.3 Å². The molecule has 1 amide bonds. The molecule has 0 aromatic heterocycles. The van der Waals surface area contributed by atoms with E-state index in [0.717, 1.165) is 29.5 Å². The first-order valence-corrected chi connectivity index (χ1v) is 8.23. The van der Waals surface area contributed by atoms with Gasteiger partial charge in [-0.15, -0.1) is 12.4 Å². The Hall–Kier alpha value is -0.580. The summed E-state index contributed by atoms with van der Waals surface area (Å²) in [5, 5.41) is 6.58. The first-order valence-electron chi connectivity index (χ1n) is 7.44. The molecule has 3 nitrogen and oxygen atoms in total. The summed E-state index contributed by atoms with van der Waals surface area (Å²) in [5.41, 5.74) is 1.00. The van der Waals surface area contributed by atoms with Crippen LogP contribution in [0.4, 0.5) is 0 Å². The maximum absolute atomic E-state index is 12.7. The maximum Gasteiger partial charge on any atom is 0.228 e. The molecule has 0 radical (unpaired) electrons. The largest absolute Gasteiger partial charge is 0.351 e. The number of nitrogens with one attached hydrogen (secondary N) is 2. The normalized spacial score (nSPS) is 27.6. The summed E-state index contributed by atoms with van der Waals surface area (Å²) < 4.78 is 1.07. The summed E-state index contributed by atoms with van der Waals surface area (Å²) in [5.74, 6) is 0.774. The highest BCUT2D eigenvalue weighted by Crippen LogP contribution is 2.43. The number of hydrogen-bond donors (Lipinski definition) is 2. The molecule has 1 aromatic carbocycles. The maximum atomic E-state index is 12.7. The molecule has 2 fully saturated rings. The Balaban J connectivity index is 0.00000161. The van der Waals surface area contributed by atoms with Gasteiger partial charge in [0.2, 0.25) is 5.91 Å². The molecule has 2 atom stereocenters. The van der Waals surface area contributed by atoms with Crippen LogP contribution in [0.1, 0.15) is 31.2 Å². The molecule has 1 heterocycles. The van der Waals surface area contributed by atoms with Gasteiger partial charge in [0, 0.05) is 17.6 Å². The second-order valence-corrected chi connectivity index (χ2v) is 6.95. The summed E-state index contributed by atoms with van der Waals surface area (Å²) in [6.07, 6.45) is 4.69. The lowest BCUT2D eigenvalue weighted by atomic mass is 9.67. The number of amides is 1. The summed E-state index contributed by atoms with van der Waals surface area (Å²) in [7, 11) is 0. The molecule has 0 unspecified atom stereocenters. The summed E-state index contributed by atoms with van der Waals surface area (Å²) >= 11 is 3.43. The van der Waals surface area contributed by atoms with E-state index in [2.05, 4.69) is 26.6 Å². The van der Waals surface area contributed by atoms with Crippen LogP contribution in [0.3, 0.4) is 0 Å². The van der Waals surface area contributed by atoms with Crippen molar-refractivity contribution in [3.63, 3.8) is 0 Å².